The molecule has 10 heteroatoms. The first kappa shape index (κ1) is 20.4. The predicted molar refractivity (Wildman–Crippen MR) is 109 cm³/mol. The van der Waals surface area contributed by atoms with Crippen LogP contribution in [0.1, 0.15) is 23.7 Å². The summed E-state index contributed by atoms with van der Waals surface area (Å²) in [6, 6.07) is 10.6. The van der Waals surface area contributed by atoms with E-state index in [1.54, 1.807) is 25.1 Å². The molecule has 0 saturated carbocycles. The zero-order chi connectivity index (χ0) is 20.5. The Balaban J connectivity index is 1.94. The molecule has 1 aromatic heterocycles. The molecule has 2 aromatic carbocycles. The van der Waals surface area contributed by atoms with Crippen LogP contribution in [0.2, 0.25) is 0 Å². The van der Waals surface area contributed by atoms with Gasteiger partial charge in [0.15, 0.2) is 24.8 Å². The summed E-state index contributed by atoms with van der Waals surface area (Å²) in [6.45, 7) is 1.76. The highest BCUT2D eigenvalue weighted by atomic mass is 32.2. The standard InChI is InChI=1S/C18H18N2O5S3/c1-3-10-28(24,25)16-7-5-4-6-13(16)17(21)20-18-19-14-9-8-12(27(2,22)23)11-15(14)26-18/h4-9,11H,3,10H2,1-2H3,(H,19,20,21). The Morgan fingerprint density at radius 2 is 1.82 bits per heavy atom. The van der Waals surface area contributed by atoms with E-state index >= 15 is 0 Å². The fraction of sp³-hybridized carbons (Fsp3) is 0.222. The van der Waals surface area contributed by atoms with Gasteiger partial charge in [-0.2, -0.15) is 0 Å². The monoisotopic (exact) mass is 438 g/mol. The normalized spacial score (nSPS) is 12.2. The van der Waals surface area contributed by atoms with Crippen molar-refractivity contribution in [2.75, 3.05) is 17.3 Å². The Kier molecular flexibility index (Phi) is 5.55. The van der Waals surface area contributed by atoms with Gasteiger partial charge in [-0.3, -0.25) is 10.1 Å². The molecule has 0 aliphatic rings. The molecule has 0 atom stereocenters. The number of carbonyl (C=O) groups excluding carboxylic acids is 1. The Morgan fingerprint density at radius 3 is 2.50 bits per heavy atom. The molecule has 1 heterocycles. The van der Waals surface area contributed by atoms with E-state index in [2.05, 4.69) is 10.3 Å². The number of anilines is 1. The van der Waals surface area contributed by atoms with E-state index in [1.165, 1.54) is 24.3 Å². The Bertz CT molecular complexity index is 1260. The number of fused-ring (bicyclic) bond motifs is 1. The average Bonchev–Trinajstić information content (AvgIpc) is 3.02. The number of thiazole rings is 1. The molecular weight excluding hydrogens is 420 g/mol. The minimum absolute atomic E-state index is 0.0187. The van der Waals surface area contributed by atoms with E-state index in [1.807, 2.05) is 0 Å². The molecule has 0 spiro atoms. The summed E-state index contributed by atoms with van der Waals surface area (Å²) in [6.07, 6.45) is 1.56. The third-order valence-electron chi connectivity index (χ3n) is 3.95. The van der Waals surface area contributed by atoms with Crippen molar-refractivity contribution in [2.45, 2.75) is 23.1 Å². The highest BCUT2D eigenvalue weighted by Crippen LogP contribution is 2.29. The van der Waals surface area contributed by atoms with Gasteiger partial charge in [0.05, 0.1) is 31.3 Å². The maximum absolute atomic E-state index is 12.7. The lowest BCUT2D eigenvalue weighted by atomic mass is 10.2. The van der Waals surface area contributed by atoms with Crippen LogP contribution in [-0.2, 0) is 19.7 Å². The first-order chi connectivity index (χ1) is 13.1. The van der Waals surface area contributed by atoms with Gasteiger partial charge < -0.3 is 0 Å². The van der Waals surface area contributed by atoms with Gasteiger partial charge in [0.2, 0.25) is 0 Å². The van der Waals surface area contributed by atoms with Crippen LogP contribution in [0.5, 0.6) is 0 Å². The van der Waals surface area contributed by atoms with Crippen LogP contribution in [0.15, 0.2) is 52.3 Å². The zero-order valence-electron chi connectivity index (χ0n) is 15.2. The fourth-order valence-corrected chi connectivity index (χ4v) is 5.82. The van der Waals surface area contributed by atoms with Crippen molar-refractivity contribution in [3.8, 4) is 0 Å². The molecule has 0 unspecified atom stereocenters. The Morgan fingerprint density at radius 1 is 1.11 bits per heavy atom. The molecule has 28 heavy (non-hydrogen) atoms. The second kappa shape index (κ2) is 7.61. The molecule has 0 aliphatic carbocycles. The van der Waals surface area contributed by atoms with Crippen molar-refractivity contribution in [1.29, 1.82) is 0 Å². The van der Waals surface area contributed by atoms with Crippen LogP contribution in [0.3, 0.4) is 0 Å². The molecule has 148 valence electrons. The first-order valence-electron chi connectivity index (χ1n) is 8.35. The lowest BCUT2D eigenvalue weighted by Gasteiger charge is -2.09. The van der Waals surface area contributed by atoms with E-state index in [-0.39, 0.29) is 26.2 Å². The van der Waals surface area contributed by atoms with Gasteiger partial charge in [-0.15, -0.1) is 0 Å². The number of aromatic nitrogens is 1. The lowest BCUT2D eigenvalue weighted by Crippen LogP contribution is -2.17. The first-order valence-corrected chi connectivity index (χ1v) is 12.7. The highest BCUT2D eigenvalue weighted by Gasteiger charge is 2.22. The number of nitrogens with zero attached hydrogens (tertiary/aromatic N) is 1. The molecule has 0 radical (unpaired) electrons. The fourth-order valence-electron chi connectivity index (χ4n) is 2.66. The summed E-state index contributed by atoms with van der Waals surface area (Å²) >= 11 is 1.12. The van der Waals surface area contributed by atoms with Gasteiger partial charge >= 0.3 is 0 Å². The van der Waals surface area contributed by atoms with Crippen LogP contribution in [-0.4, -0.2) is 39.7 Å². The van der Waals surface area contributed by atoms with Gasteiger partial charge in [-0.05, 0) is 36.8 Å². The molecule has 7 nitrogen and oxygen atoms in total. The van der Waals surface area contributed by atoms with Crippen LogP contribution in [0.25, 0.3) is 10.2 Å². The molecule has 3 aromatic rings. The zero-order valence-corrected chi connectivity index (χ0v) is 17.6. The van der Waals surface area contributed by atoms with Crippen LogP contribution in [0.4, 0.5) is 5.13 Å². The smallest absolute Gasteiger partial charge is 0.258 e. The summed E-state index contributed by atoms with van der Waals surface area (Å²) in [7, 11) is -6.92. The molecule has 0 fully saturated rings. The third-order valence-corrected chi connectivity index (χ3v) is 7.96. The highest BCUT2D eigenvalue weighted by molar-refractivity contribution is 7.91. The topological polar surface area (TPSA) is 110 Å². The number of nitrogens with one attached hydrogen (secondary N) is 1. The van der Waals surface area contributed by atoms with Crippen molar-refractivity contribution in [3.63, 3.8) is 0 Å². The number of rotatable bonds is 6. The minimum atomic E-state index is -3.57. The summed E-state index contributed by atoms with van der Waals surface area (Å²) in [5.41, 5.74) is 0.589. The third kappa shape index (κ3) is 4.23. The summed E-state index contributed by atoms with van der Waals surface area (Å²) < 4.78 is 48.8. The maximum atomic E-state index is 12.7. The second-order valence-corrected chi connectivity index (χ2v) is 11.3. The van der Waals surface area contributed by atoms with Crippen molar-refractivity contribution < 1.29 is 21.6 Å². The van der Waals surface area contributed by atoms with Crippen molar-refractivity contribution >= 4 is 52.3 Å². The molecule has 0 bridgehead atoms. The minimum Gasteiger partial charge on any atom is -0.298 e. The van der Waals surface area contributed by atoms with Crippen molar-refractivity contribution in [2.24, 2.45) is 0 Å². The molecule has 1 amide bonds. The van der Waals surface area contributed by atoms with Crippen LogP contribution in [0, 0.1) is 0 Å². The summed E-state index contributed by atoms with van der Waals surface area (Å²) in [5.74, 6) is -0.634. The molecule has 3 rings (SSSR count). The summed E-state index contributed by atoms with van der Waals surface area (Å²) in [5, 5.41) is 2.87. The van der Waals surface area contributed by atoms with Gasteiger partial charge in [-0.1, -0.05) is 30.4 Å². The van der Waals surface area contributed by atoms with Gasteiger partial charge in [0.1, 0.15) is 0 Å². The van der Waals surface area contributed by atoms with Gasteiger partial charge in [-0.25, -0.2) is 21.8 Å². The number of amides is 1. The Hall–Kier alpha value is -2.30. The molecule has 0 saturated heterocycles. The molecule has 1 N–H and O–H groups in total. The summed E-state index contributed by atoms with van der Waals surface area (Å²) in [4.78, 5) is 17.1. The van der Waals surface area contributed by atoms with Crippen molar-refractivity contribution in [1.82, 2.24) is 4.98 Å². The number of hydrogen-bond acceptors (Lipinski definition) is 7. The van der Waals surface area contributed by atoms with E-state index in [0.29, 0.717) is 16.6 Å². The van der Waals surface area contributed by atoms with Crippen LogP contribution < -0.4 is 5.32 Å². The number of benzene rings is 2. The SMILES string of the molecule is CCCS(=O)(=O)c1ccccc1C(=O)Nc1nc2ccc(S(C)(=O)=O)cc2s1. The van der Waals surface area contributed by atoms with E-state index in [9.17, 15) is 21.6 Å². The average molecular weight is 439 g/mol. The Labute approximate surface area is 167 Å². The van der Waals surface area contributed by atoms with Gasteiger partial charge in [0, 0.05) is 6.26 Å². The van der Waals surface area contributed by atoms with E-state index in [0.717, 1.165) is 17.6 Å². The number of hydrogen-bond donors (Lipinski definition) is 1. The van der Waals surface area contributed by atoms with Crippen LogP contribution >= 0.6 is 11.3 Å². The number of sulfone groups is 2. The number of carbonyl (C=O) groups is 1. The van der Waals surface area contributed by atoms with E-state index in [4.69, 9.17) is 0 Å². The maximum Gasteiger partial charge on any atom is 0.258 e. The molecule has 0 aliphatic heterocycles. The largest absolute Gasteiger partial charge is 0.298 e. The van der Waals surface area contributed by atoms with E-state index < -0.39 is 25.6 Å². The van der Waals surface area contributed by atoms with Gasteiger partial charge in [0.25, 0.3) is 5.91 Å². The lowest BCUT2D eigenvalue weighted by molar-refractivity contribution is 0.102. The quantitative estimate of drug-likeness (QED) is 0.633. The van der Waals surface area contributed by atoms with Crippen molar-refractivity contribution in [3.05, 3.63) is 48.0 Å². The second-order valence-electron chi connectivity index (χ2n) is 6.19. The predicted octanol–water partition coefficient (Wildman–Crippen LogP) is 3.14. The molecular formula is C18H18N2O5S3.